The van der Waals surface area contributed by atoms with E-state index in [0.29, 0.717) is 46.3 Å². The molecule has 0 fully saturated rings. The molecule has 3 aromatic carbocycles. The molecule has 4 aromatic rings. The standard InChI is InChI=1S/C29H28F3N5O3/c1-28(2,3)34-27(39)37-12-11-21-20(18-5-4-6-19(14-18)29(30,31)32)8-9-22(23(21)16-37)26(38)33-15-17-7-10-24-25(13-17)36-40-35-24/h4-10,13-14H,11-12,15-16H2,1-3H3,(H,33,38)(H,34,39). The number of hydrogen-bond acceptors (Lipinski definition) is 5. The molecule has 0 unspecified atom stereocenters. The molecule has 1 aliphatic heterocycles. The van der Waals surface area contributed by atoms with Crippen LogP contribution in [0.25, 0.3) is 22.2 Å². The number of hydrogen-bond donors (Lipinski definition) is 2. The van der Waals surface area contributed by atoms with Crippen LogP contribution in [0, 0.1) is 0 Å². The maximum atomic E-state index is 13.4. The van der Waals surface area contributed by atoms with Crippen molar-refractivity contribution < 1.29 is 27.4 Å². The summed E-state index contributed by atoms with van der Waals surface area (Å²) in [5.41, 5.74) is 3.48. The Bertz CT molecular complexity index is 1590. The van der Waals surface area contributed by atoms with E-state index >= 15 is 0 Å². The van der Waals surface area contributed by atoms with Gasteiger partial charge in [-0.2, -0.15) is 13.2 Å². The molecule has 208 valence electrons. The molecule has 40 heavy (non-hydrogen) atoms. The van der Waals surface area contributed by atoms with E-state index in [1.807, 2.05) is 20.8 Å². The summed E-state index contributed by atoms with van der Waals surface area (Å²) < 4.78 is 45.1. The van der Waals surface area contributed by atoms with Crippen LogP contribution in [0.1, 0.15) is 53.4 Å². The van der Waals surface area contributed by atoms with E-state index in [1.54, 1.807) is 41.3 Å². The van der Waals surface area contributed by atoms with E-state index in [0.717, 1.165) is 23.3 Å². The highest BCUT2D eigenvalue weighted by Gasteiger charge is 2.32. The molecule has 0 atom stereocenters. The monoisotopic (exact) mass is 551 g/mol. The Balaban J connectivity index is 1.48. The van der Waals surface area contributed by atoms with Crippen LogP contribution in [0.2, 0.25) is 0 Å². The normalized spacial score (nSPS) is 13.7. The summed E-state index contributed by atoms with van der Waals surface area (Å²) in [4.78, 5) is 28.0. The predicted octanol–water partition coefficient (Wildman–Crippen LogP) is 5.70. The first-order chi connectivity index (χ1) is 18.9. The largest absolute Gasteiger partial charge is 0.416 e. The smallest absolute Gasteiger partial charge is 0.348 e. The minimum Gasteiger partial charge on any atom is -0.348 e. The van der Waals surface area contributed by atoms with Crippen molar-refractivity contribution >= 4 is 23.0 Å². The molecule has 3 amide bonds. The highest BCUT2D eigenvalue weighted by atomic mass is 19.4. The number of alkyl halides is 3. The van der Waals surface area contributed by atoms with Crippen molar-refractivity contribution in [2.75, 3.05) is 6.54 Å². The van der Waals surface area contributed by atoms with Crippen LogP contribution >= 0.6 is 0 Å². The number of aromatic nitrogens is 2. The minimum absolute atomic E-state index is 0.142. The van der Waals surface area contributed by atoms with Crippen LogP contribution in [-0.4, -0.2) is 39.2 Å². The third-order valence-electron chi connectivity index (χ3n) is 6.70. The zero-order chi connectivity index (χ0) is 28.7. The quantitative estimate of drug-likeness (QED) is 0.339. The van der Waals surface area contributed by atoms with Crippen molar-refractivity contribution in [3.8, 4) is 11.1 Å². The predicted molar refractivity (Wildman–Crippen MR) is 142 cm³/mol. The van der Waals surface area contributed by atoms with Gasteiger partial charge in [0, 0.05) is 30.7 Å². The zero-order valence-corrected chi connectivity index (χ0v) is 22.2. The fourth-order valence-electron chi connectivity index (χ4n) is 4.81. The SMILES string of the molecule is CC(C)(C)NC(=O)N1CCc2c(-c3cccc(C(F)(F)F)c3)ccc(C(=O)NCc3ccc4nonc4c3)c2C1. The van der Waals surface area contributed by atoms with Crippen LogP contribution in [0.3, 0.4) is 0 Å². The van der Waals surface area contributed by atoms with E-state index in [1.165, 1.54) is 6.07 Å². The van der Waals surface area contributed by atoms with Gasteiger partial charge in [0.25, 0.3) is 5.91 Å². The van der Waals surface area contributed by atoms with Crippen LogP contribution < -0.4 is 10.6 Å². The fraction of sp³-hybridized carbons (Fsp3) is 0.310. The van der Waals surface area contributed by atoms with Crippen LogP contribution in [0.4, 0.5) is 18.0 Å². The molecular formula is C29H28F3N5O3. The maximum Gasteiger partial charge on any atom is 0.416 e. The number of halogens is 3. The molecular weight excluding hydrogens is 523 g/mol. The number of nitrogens with one attached hydrogen (secondary N) is 2. The summed E-state index contributed by atoms with van der Waals surface area (Å²) in [6.45, 7) is 6.33. The molecule has 2 N–H and O–H groups in total. The minimum atomic E-state index is -4.48. The Labute approximate surface area is 228 Å². The Hall–Kier alpha value is -4.41. The van der Waals surface area contributed by atoms with Gasteiger partial charge < -0.3 is 15.5 Å². The Kier molecular flexibility index (Phi) is 6.99. The second kappa shape index (κ2) is 10.3. The van der Waals surface area contributed by atoms with Gasteiger partial charge in [-0.1, -0.05) is 24.3 Å². The lowest BCUT2D eigenvalue weighted by Gasteiger charge is -2.34. The molecule has 0 saturated carbocycles. The lowest BCUT2D eigenvalue weighted by molar-refractivity contribution is -0.137. The number of benzene rings is 3. The number of nitrogens with zero attached hydrogens (tertiary/aromatic N) is 3. The van der Waals surface area contributed by atoms with Crippen molar-refractivity contribution in [1.82, 2.24) is 25.8 Å². The molecule has 0 spiro atoms. The van der Waals surface area contributed by atoms with Gasteiger partial charge >= 0.3 is 12.2 Å². The van der Waals surface area contributed by atoms with Crippen molar-refractivity contribution in [3.63, 3.8) is 0 Å². The number of carbonyl (C=O) groups is 2. The van der Waals surface area contributed by atoms with Crippen molar-refractivity contribution in [1.29, 1.82) is 0 Å². The number of carbonyl (C=O) groups excluding carboxylic acids is 2. The van der Waals surface area contributed by atoms with E-state index < -0.39 is 17.3 Å². The van der Waals surface area contributed by atoms with Gasteiger partial charge in [0.05, 0.1) is 5.56 Å². The van der Waals surface area contributed by atoms with E-state index in [9.17, 15) is 22.8 Å². The molecule has 0 saturated heterocycles. The van der Waals surface area contributed by atoms with E-state index in [4.69, 9.17) is 4.63 Å². The summed E-state index contributed by atoms with van der Waals surface area (Å²) in [6.07, 6.45) is -4.10. The van der Waals surface area contributed by atoms with E-state index in [-0.39, 0.29) is 25.0 Å². The second-order valence-electron chi connectivity index (χ2n) is 10.8. The summed E-state index contributed by atoms with van der Waals surface area (Å²) >= 11 is 0. The van der Waals surface area contributed by atoms with Gasteiger partial charge in [0.2, 0.25) is 0 Å². The highest BCUT2D eigenvalue weighted by Crippen LogP contribution is 2.36. The molecule has 5 rings (SSSR count). The Morgan fingerprint density at radius 1 is 0.975 bits per heavy atom. The maximum absolute atomic E-state index is 13.4. The number of urea groups is 1. The summed E-state index contributed by atoms with van der Waals surface area (Å²) in [7, 11) is 0. The van der Waals surface area contributed by atoms with Crippen molar-refractivity contribution in [2.24, 2.45) is 0 Å². The zero-order valence-electron chi connectivity index (χ0n) is 22.2. The fourth-order valence-corrected chi connectivity index (χ4v) is 4.81. The van der Waals surface area contributed by atoms with Crippen LogP contribution in [0.5, 0.6) is 0 Å². The number of fused-ring (bicyclic) bond motifs is 2. The number of amides is 3. The number of rotatable bonds is 4. The third-order valence-corrected chi connectivity index (χ3v) is 6.70. The lowest BCUT2D eigenvalue weighted by Crippen LogP contribution is -2.50. The topological polar surface area (TPSA) is 100 Å². The van der Waals surface area contributed by atoms with Gasteiger partial charge in [0.15, 0.2) is 0 Å². The van der Waals surface area contributed by atoms with Crippen molar-refractivity contribution in [2.45, 2.75) is 52.0 Å². The third kappa shape index (κ3) is 5.78. The molecule has 11 heteroatoms. The Morgan fingerprint density at radius 2 is 1.75 bits per heavy atom. The van der Waals surface area contributed by atoms with Crippen LogP contribution in [0.15, 0.2) is 59.2 Å². The van der Waals surface area contributed by atoms with Crippen LogP contribution in [-0.2, 0) is 25.7 Å². The van der Waals surface area contributed by atoms with Gasteiger partial charge in [-0.25, -0.2) is 9.42 Å². The first-order valence-corrected chi connectivity index (χ1v) is 12.8. The average Bonchev–Trinajstić information content (AvgIpc) is 3.37. The van der Waals surface area contributed by atoms with Gasteiger partial charge in [-0.15, -0.1) is 0 Å². The lowest BCUT2D eigenvalue weighted by atomic mass is 9.87. The first kappa shape index (κ1) is 27.2. The molecule has 1 aliphatic rings. The molecule has 2 heterocycles. The highest BCUT2D eigenvalue weighted by molar-refractivity contribution is 5.97. The molecule has 0 aliphatic carbocycles. The molecule has 0 bridgehead atoms. The summed E-state index contributed by atoms with van der Waals surface area (Å²) in [5.74, 6) is -0.358. The summed E-state index contributed by atoms with van der Waals surface area (Å²) in [5, 5.41) is 13.4. The summed E-state index contributed by atoms with van der Waals surface area (Å²) in [6, 6.07) is 13.5. The van der Waals surface area contributed by atoms with Gasteiger partial charge in [-0.3, -0.25) is 4.79 Å². The first-order valence-electron chi connectivity index (χ1n) is 12.8. The second-order valence-corrected chi connectivity index (χ2v) is 10.8. The Morgan fingerprint density at radius 3 is 2.50 bits per heavy atom. The average molecular weight is 552 g/mol. The molecule has 8 nitrogen and oxygen atoms in total. The van der Waals surface area contributed by atoms with Crippen molar-refractivity contribution in [3.05, 3.63) is 82.4 Å². The molecule has 1 aromatic heterocycles. The molecule has 0 radical (unpaired) electrons. The van der Waals surface area contributed by atoms with E-state index in [2.05, 4.69) is 20.9 Å². The van der Waals surface area contributed by atoms with Gasteiger partial charge in [0.1, 0.15) is 11.0 Å². The van der Waals surface area contributed by atoms with Gasteiger partial charge in [-0.05, 0) is 95.7 Å².